The van der Waals surface area contributed by atoms with E-state index in [9.17, 15) is 0 Å². The smallest absolute Gasteiger partial charge is 0.135 e. The van der Waals surface area contributed by atoms with Gasteiger partial charge in [-0.3, -0.25) is 0 Å². The Labute approximate surface area is 292 Å². The van der Waals surface area contributed by atoms with E-state index in [-0.39, 0.29) is 6.04 Å². The van der Waals surface area contributed by atoms with Gasteiger partial charge in [0.25, 0.3) is 0 Å². The summed E-state index contributed by atoms with van der Waals surface area (Å²) in [7, 11) is 0. The van der Waals surface area contributed by atoms with Crippen LogP contribution in [-0.4, -0.2) is 6.04 Å². The highest BCUT2D eigenvalue weighted by Crippen LogP contribution is 2.55. The molecule has 0 radical (unpaired) electrons. The lowest BCUT2D eigenvalue weighted by atomic mass is 9.76. The van der Waals surface area contributed by atoms with Crippen molar-refractivity contribution in [2.24, 2.45) is 5.92 Å². The average molecular weight is 652 g/mol. The van der Waals surface area contributed by atoms with E-state index in [2.05, 4.69) is 151 Å². The average Bonchev–Trinajstić information content (AvgIpc) is 3.75. The highest BCUT2D eigenvalue weighted by Gasteiger charge is 2.33. The van der Waals surface area contributed by atoms with Crippen LogP contribution in [0.3, 0.4) is 0 Å². The summed E-state index contributed by atoms with van der Waals surface area (Å²) in [6, 6.07) is 35.6. The van der Waals surface area contributed by atoms with Gasteiger partial charge in [-0.2, -0.15) is 0 Å². The minimum atomic E-state index is 0.229. The Kier molecular flexibility index (Phi) is 7.01. The van der Waals surface area contributed by atoms with Gasteiger partial charge in [-0.25, -0.2) is 0 Å². The lowest BCUT2D eigenvalue weighted by Gasteiger charge is -2.33. The highest BCUT2D eigenvalue weighted by molar-refractivity contribution is 8.03. The van der Waals surface area contributed by atoms with Gasteiger partial charge >= 0.3 is 0 Å². The van der Waals surface area contributed by atoms with Gasteiger partial charge in [0.2, 0.25) is 0 Å². The molecule has 5 aromatic rings. The monoisotopic (exact) mass is 651 g/mol. The third kappa shape index (κ3) is 4.94. The van der Waals surface area contributed by atoms with Crippen LogP contribution in [0.1, 0.15) is 65.5 Å². The number of hydrogen-bond donors (Lipinski definition) is 0. The number of allylic oxidation sites excluding steroid dienone is 9. The molecule has 0 saturated carbocycles. The van der Waals surface area contributed by atoms with Gasteiger partial charge < -0.3 is 9.32 Å². The Morgan fingerprint density at radius 3 is 2.43 bits per heavy atom. The van der Waals surface area contributed by atoms with Gasteiger partial charge in [-0.1, -0.05) is 127 Å². The van der Waals surface area contributed by atoms with Gasteiger partial charge in [0.1, 0.15) is 11.3 Å². The molecule has 0 N–H and O–H groups in total. The Bertz CT molecular complexity index is 2280. The molecule has 49 heavy (non-hydrogen) atoms. The van der Waals surface area contributed by atoms with Crippen LogP contribution in [0, 0.1) is 5.92 Å². The first-order chi connectivity index (χ1) is 24.3. The second-order valence-corrected chi connectivity index (χ2v) is 14.9. The number of furan rings is 1. The zero-order chi connectivity index (χ0) is 32.3. The summed E-state index contributed by atoms with van der Waals surface area (Å²) in [6.07, 6.45) is 26.0. The number of benzene rings is 4. The van der Waals surface area contributed by atoms with E-state index in [1.165, 1.54) is 74.3 Å². The molecule has 0 bridgehead atoms. The predicted molar refractivity (Wildman–Crippen MR) is 206 cm³/mol. The summed E-state index contributed by atoms with van der Waals surface area (Å²) in [5, 5.41) is 1.23. The van der Waals surface area contributed by atoms with Crippen molar-refractivity contribution in [2.45, 2.75) is 48.5 Å². The van der Waals surface area contributed by atoms with E-state index in [0.717, 1.165) is 17.8 Å². The molecule has 1 aromatic heterocycles. The van der Waals surface area contributed by atoms with Crippen molar-refractivity contribution in [3.63, 3.8) is 0 Å². The molecule has 2 nitrogen and oxygen atoms in total. The van der Waals surface area contributed by atoms with Crippen molar-refractivity contribution in [1.82, 2.24) is 0 Å². The molecule has 0 spiro atoms. The Balaban J connectivity index is 0.919. The zero-order valence-corrected chi connectivity index (χ0v) is 28.2. The molecule has 0 saturated heterocycles. The summed E-state index contributed by atoms with van der Waals surface area (Å²) in [5.41, 5.74) is 11.5. The quantitative estimate of drug-likeness (QED) is 0.188. The molecular weight excluding hydrogens is 615 g/mol. The van der Waals surface area contributed by atoms with Crippen LogP contribution in [0.25, 0.3) is 28.2 Å². The van der Waals surface area contributed by atoms with Crippen LogP contribution >= 0.6 is 11.8 Å². The molecule has 2 heterocycles. The fourth-order valence-corrected chi connectivity index (χ4v) is 10.1. The van der Waals surface area contributed by atoms with Crippen LogP contribution in [-0.2, 0) is 0 Å². The van der Waals surface area contributed by atoms with E-state index < -0.39 is 0 Å². The summed E-state index contributed by atoms with van der Waals surface area (Å²) in [6.45, 7) is 0. The summed E-state index contributed by atoms with van der Waals surface area (Å²) >= 11 is 2.02. The third-order valence-corrected chi connectivity index (χ3v) is 12.3. The molecule has 4 unspecified atom stereocenters. The van der Waals surface area contributed by atoms with E-state index in [4.69, 9.17) is 4.42 Å². The number of nitrogens with zero attached hydrogens (tertiary/aromatic N) is 1. The normalized spacial score (nSPS) is 23.2. The number of fused-ring (bicyclic) bond motifs is 8. The number of thioether (sulfide) groups is 1. The predicted octanol–water partition coefficient (Wildman–Crippen LogP) is 12.6. The van der Waals surface area contributed by atoms with Gasteiger partial charge in [-0.05, 0) is 94.8 Å². The van der Waals surface area contributed by atoms with Crippen LogP contribution in [0.2, 0.25) is 0 Å². The first kappa shape index (κ1) is 29.0. The Hall–Kier alpha value is -4.99. The molecule has 4 atom stereocenters. The van der Waals surface area contributed by atoms with Crippen molar-refractivity contribution in [3.8, 4) is 0 Å². The van der Waals surface area contributed by atoms with Crippen molar-refractivity contribution < 1.29 is 4.42 Å². The van der Waals surface area contributed by atoms with E-state index >= 15 is 0 Å². The van der Waals surface area contributed by atoms with Crippen LogP contribution < -0.4 is 4.90 Å². The second kappa shape index (κ2) is 11.9. The molecule has 4 aromatic carbocycles. The first-order valence-corrected chi connectivity index (χ1v) is 18.5. The van der Waals surface area contributed by atoms with Gasteiger partial charge in [0.05, 0.1) is 6.04 Å². The lowest BCUT2D eigenvalue weighted by Crippen LogP contribution is -2.30. The van der Waals surface area contributed by atoms with Crippen molar-refractivity contribution in [2.75, 3.05) is 4.90 Å². The van der Waals surface area contributed by atoms with E-state index in [1.807, 2.05) is 17.8 Å². The minimum Gasteiger partial charge on any atom is -0.456 e. The molecule has 5 aliphatic rings. The maximum absolute atomic E-state index is 6.18. The molecular formula is C46H37NOS. The third-order valence-electron chi connectivity index (χ3n) is 11.0. The fraction of sp³-hybridized carbons (Fsp3) is 0.174. The van der Waals surface area contributed by atoms with Crippen molar-refractivity contribution in [3.05, 3.63) is 179 Å². The Morgan fingerprint density at radius 1 is 0.714 bits per heavy atom. The number of anilines is 2. The molecule has 4 aliphatic carbocycles. The standard InChI is InChI=1S/C46H37NOS/c1-2-9-34(10-3-1)47(36-25-19-31(20-26-36)38-13-8-14-40-39-11-5-7-16-44(39)49-46(38)40)35-23-17-30(18-24-35)32-21-27-37-33(29-32)22-28-43-45(37)41-12-4-6-15-42(41)48-43/h1-4,6,8-10,12-25,27-29,33,36-37,39H,5,7,11,26H2. The largest absolute Gasteiger partial charge is 0.456 e. The number of rotatable bonds is 5. The first-order valence-electron chi connectivity index (χ1n) is 17.7. The topological polar surface area (TPSA) is 16.4 Å². The van der Waals surface area contributed by atoms with Gasteiger partial charge in [0, 0.05) is 45.0 Å². The molecule has 10 rings (SSSR count). The summed E-state index contributed by atoms with van der Waals surface area (Å²) in [5.74, 6) is 2.21. The van der Waals surface area contributed by atoms with Crippen LogP contribution in [0.4, 0.5) is 11.4 Å². The maximum atomic E-state index is 6.18. The lowest BCUT2D eigenvalue weighted by molar-refractivity contribution is 0.578. The highest BCUT2D eigenvalue weighted by atomic mass is 32.2. The molecule has 0 amide bonds. The minimum absolute atomic E-state index is 0.229. The van der Waals surface area contributed by atoms with Gasteiger partial charge in [0.15, 0.2) is 0 Å². The van der Waals surface area contributed by atoms with Crippen LogP contribution in [0.5, 0.6) is 0 Å². The molecule has 238 valence electrons. The summed E-state index contributed by atoms with van der Waals surface area (Å²) in [4.78, 5) is 5.54. The molecule has 1 aliphatic heterocycles. The number of hydrogen-bond acceptors (Lipinski definition) is 3. The molecule has 3 heteroatoms. The van der Waals surface area contributed by atoms with E-state index in [0.29, 0.717) is 17.8 Å². The maximum Gasteiger partial charge on any atom is 0.135 e. The van der Waals surface area contributed by atoms with Gasteiger partial charge in [-0.15, -0.1) is 0 Å². The second-order valence-electron chi connectivity index (χ2n) is 13.8. The number of para-hydroxylation sites is 2. The SMILES string of the molecule is C1=CC2c3c(oc4ccccc34)C=CC2C=C1c1ccc(N(c2ccccc2)C2C=CC(c3cccc4c3SC3=CCCCC34)=CC2)cc1. The Morgan fingerprint density at radius 2 is 1.55 bits per heavy atom. The van der Waals surface area contributed by atoms with Crippen molar-refractivity contribution >= 4 is 51.3 Å². The van der Waals surface area contributed by atoms with Crippen molar-refractivity contribution in [1.29, 1.82) is 0 Å². The van der Waals surface area contributed by atoms with Crippen LogP contribution in [0.15, 0.2) is 160 Å². The fourth-order valence-electron chi connectivity index (χ4n) is 8.61. The summed E-state index contributed by atoms with van der Waals surface area (Å²) < 4.78 is 6.18. The van der Waals surface area contributed by atoms with E-state index in [1.54, 1.807) is 4.91 Å². The molecule has 0 fully saturated rings. The zero-order valence-electron chi connectivity index (χ0n) is 27.3.